The van der Waals surface area contributed by atoms with Gasteiger partial charge in [0.05, 0.1) is 5.69 Å². The van der Waals surface area contributed by atoms with Crippen molar-refractivity contribution in [3.8, 4) is 11.6 Å². The number of rotatable bonds is 3. The van der Waals surface area contributed by atoms with E-state index in [1.165, 1.54) is 0 Å². The van der Waals surface area contributed by atoms with Crippen molar-refractivity contribution in [1.29, 1.82) is 0 Å². The van der Waals surface area contributed by atoms with E-state index in [0.29, 0.717) is 18.2 Å². The number of nitrogens with two attached hydrogens (primary N) is 1. The van der Waals surface area contributed by atoms with Gasteiger partial charge in [0, 0.05) is 25.0 Å². The minimum absolute atomic E-state index is 0.350. The van der Waals surface area contributed by atoms with Gasteiger partial charge >= 0.3 is 0 Å². The van der Waals surface area contributed by atoms with Crippen LogP contribution >= 0.6 is 0 Å². The third-order valence-electron chi connectivity index (χ3n) is 1.89. The first kappa shape index (κ1) is 9.61. The molecule has 0 bridgehead atoms. The zero-order chi connectivity index (χ0) is 10.5. The molecule has 0 aliphatic heterocycles. The molecule has 0 saturated heterocycles. The SMILES string of the molecule is NCc1ncccc1Oc1ccccn1. The van der Waals surface area contributed by atoms with Crippen LogP contribution in [0.2, 0.25) is 0 Å². The van der Waals surface area contributed by atoms with Crippen molar-refractivity contribution < 1.29 is 4.74 Å². The van der Waals surface area contributed by atoms with Crippen molar-refractivity contribution in [3.63, 3.8) is 0 Å². The largest absolute Gasteiger partial charge is 0.437 e. The van der Waals surface area contributed by atoms with Gasteiger partial charge < -0.3 is 10.5 Å². The summed E-state index contributed by atoms with van der Waals surface area (Å²) >= 11 is 0. The maximum Gasteiger partial charge on any atom is 0.219 e. The van der Waals surface area contributed by atoms with Gasteiger partial charge in [0.2, 0.25) is 5.88 Å². The summed E-state index contributed by atoms with van der Waals surface area (Å²) in [6.07, 6.45) is 3.36. The van der Waals surface area contributed by atoms with Crippen molar-refractivity contribution in [2.45, 2.75) is 6.54 Å². The van der Waals surface area contributed by atoms with Crippen LogP contribution in [0, 0.1) is 0 Å². The van der Waals surface area contributed by atoms with Gasteiger partial charge in [-0.1, -0.05) is 6.07 Å². The molecule has 0 atom stereocenters. The molecule has 0 fully saturated rings. The lowest BCUT2D eigenvalue weighted by molar-refractivity contribution is 0.454. The maximum atomic E-state index is 5.55. The van der Waals surface area contributed by atoms with Crippen molar-refractivity contribution in [2.24, 2.45) is 5.73 Å². The normalized spacial score (nSPS) is 9.93. The molecule has 2 N–H and O–H groups in total. The third-order valence-corrected chi connectivity index (χ3v) is 1.89. The Morgan fingerprint density at radius 1 is 1.07 bits per heavy atom. The topological polar surface area (TPSA) is 61.0 Å². The van der Waals surface area contributed by atoms with Gasteiger partial charge in [-0.2, -0.15) is 0 Å². The van der Waals surface area contributed by atoms with E-state index in [1.807, 2.05) is 18.2 Å². The van der Waals surface area contributed by atoms with Crippen LogP contribution in [0.25, 0.3) is 0 Å². The van der Waals surface area contributed by atoms with Gasteiger partial charge in [-0.05, 0) is 18.2 Å². The van der Waals surface area contributed by atoms with Gasteiger partial charge in [0.25, 0.3) is 0 Å². The van der Waals surface area contributed by atoms with Crippen LogP contribution in [0.5, 0.6) is 11.6 Å². The highest BCUT2D eigenvalue weighted by Gasteiger charge is 2.03. The Kier molecular flexibility index (Phi) is 2.90. The van der Waals surface area contributed by atoms with E-state index in [9.17, 15) is 0 Å². The molecule has 2 aromatic heterocycles. The monoisotopic (exact) mass is 201 g/mol. The number of aromatic nitrogens is 2. The lowest BCUT2D eigenvalue weighted by Gasteiger charge is -2.07. The fourth-order valence-electron chi connectivity index (χ4n) is 1.19. The van der Waals surface area contributed by atoms with E-state index in [-0.39, 0.29) is 0 Å². The van der Waals surface area contributed by atoms with E-state index in [1.54, 1.807) is 24.5 Å². The second kappa shape index (κ2) is 4.52. The molecule has 0 amide bonds. The maximum absolute atomic E-state index is 5.55. The Labute approximate surface area is 87.7 Å². The molecule has 2 rings (SSSR count). The Hall–Kier alpha value is -1.94. The smallest absolute Gasteiger partial charge is 0.219 e. The Bertz CT molecular complexity index is 431. The molecular weight excluding hydrogens is 190 g/mol. The number of ether oxygens (including phenoxy) is 1. The number of hydrogen-bond acceptors (Lipinski definition) is 4. The molecule has 0 radical (unpaired) electrons. The molecule has 0 aliphatic carbocycles. The molecule has 76 valence electrons. The van der Waals surface area contributed by atoms with E-state index in [0.717, 1.165) is 5.69 Å². The highest BCUT2D eigenvalue weighted by Crippen LogP contribution is 2.20. The molecule has 0 aromatic carbocycles. The van der Waals surface area contributed by atoms with Crippen molar-refractivity contribution >= 4 is 0 Å². The van der Waals surface area contributed by atoms with Crippen LogP contribution in [-0.2, 0) is 6.54 Å². The standard InChI is InChI=1S/C11H11N3O/c12-8-9-10(4-3-7-13-9)15-11-5-1-2-6-14-11/h1-7H,8,12H2. The minimum Gasteiger partial charge on any atom is -0.437 e. The summed E-state index contributed by atoms with van der Waals surface area (Å²) in [5.41, 5.74) is 6.27. The number of pyridine rings is 2. The average molecular weight is 201 g/mol. The second-order valence-electron chi connectivity index (χ2n) is 2.92. The molecule has 15 heavy (non-hydrogen) atoms. The van der Waals surface area contributed by atoms with E-state index in [2.05, 4.69) is 9.97 Å². The predicted molar refractivity (Wildman–Crippen MR) is 56.4 cm³/mol. The predicted octanol–water partition coefficient (Wildman–Crippen LogP) is 1.73. The first-order chi connectivity index (χ1) is 7.40. The van der Waals surface area contributed by atoms with Gasteiger partial charge in [-0.15, -0.1) is 0 Å². The van der Waals surface area contributed by atoms with Crippen LogP contribution in [0.4, 0.5) is 0 Å². The highest BCUT2D eigenvalue weighted by molar-refractivity contribution is 5.30. The zero-order valence-corrected chi connectivity index (χ0v) is 8.13. The highest BCUT2D eigenvalue weighted by atomic mass is 16.5. The molecule has 0 spiro atoms. The third kappa shape index (κ3) is 2.30. The first-order valence-electron chi connectivity index (χ1n) is 4.63. The Morgan fingerprint density at radius 3 is 2.67 bits per heavy atom. The number of nitrogens with zero attached hydrogens (tertiary/aromatic N) is 2. The quantitative estimate of drug-likeness (QED) is 0.821. The van der Waals surface area contributed by atoms with Crippen LogP contribution < -0.4 is 10.5 Å². The lowest BCUT2D eigenvalue weighted by atomic mass is 10.3. The Morgan fingerprint density at radius 2 is 1.93 bits per heavy atom. The van der Waals surface area contributed by atoms with Gasteiger partial charge in [0.1, 0.15) is 0 Å². The molecule has 4 nitrogen and oxygen atoms in total. The summed E-state index contributed by atoms with van der Waals surface area (Å²) in [4.78, 5) is 8.17. The van der Waals surface area contributed by atoms with Crippen LogP contribution in [0.1, 0.15) is 5.69 Å². The van der Waals surface area contributed by atoms with Gasteiger partial charge in [0.15, 0.2) is 5.75 Å². The molecule has 0 unspecified atom stereocenters. The molecule has 2 heterocycles. The molecule has 2 aromatic rings. The molecular formula is C11H11N3O. The summed E-state index contributed by atoms with van der Waals surface area (Å²) in [6, 6.07) is 9.11. The summed E-state index contributed by atoms with van der Waals surface area (Å²) < 4.78 is 5.55. The van der Waals surface area contributed by atoms with Crippen molar-refractivity contribution in [2.75, 3.05) is 0 Å². The van der Waals surface area contributed by atoms with E-state index >= 15 is 0 Å². The summed E-state index contributed by atoms with van der Waals surface area (Å²) in [5, 5.41) is 0. The van der Waals surface area contributed by atoms with E-state index in [4.69, 9.17) is 10.5 Å². The fraction of sp³-hybridized carbons (Fsp3) is 0.0909. The fourth-order valence-corrected chi connectivity index (χ4v) is 1.19. The van der Waals surface area contributed by atoms with Crippen LogP contribution in [-0.4, -0.2) is 9.97 Å². The first-order valence-corrected chi connectivity index (χ1v) is 4.63. The molecule has 4 heteroatoms. The minimum atomic E-state index is 0.350. The van der Waals surface area contributed by atoms with Crippen LogP contribution in [0.15, 0.2) is 42.7 Å². The van der Waals surface area contributed by atoms with Crippen LogP contribution in [0.3, 0.4) is 0 Å². The second-order valence-corrected chi connectivity index (χ2v) is 2.92. The van der Waals surface area contributed by atoms with E-state index < -0.39 is 0 Å². The lowest BCUT2D eigenvalue weighted by Crippen LogP contribution is -2.02. The van der Waals surface area contributed by atoms with Gasteiger partial charge in [-0.3, -0.25) is 4.98 Å². The molecule has 0 aliphatic rings. The Balaban J connectivity index is 2.24. The summed E-state index contributed by atoms with van der Waals surface area (Å²) in [6.45, 7) is 0.350. The summed E-state index contributed by atoms with van der Waals surface area (Å²) in [5.74, 6) is 1.19. The van der Waals surface area contributed by atoms with Gasteiger partial charge in [-0.25, -0.2) is 4.98 Å². The molecule has 0 saturated carbocycles. The summed E-state index contributed by atoms with van der Waals surface area (Å²) in [7, 11) is 0. The van der Waals surface area contributed by atoms with Crippen molar-refractivity contribution in [1.82, 2.24) is 9.97 Å². The average Bonchev–Trinajstić information content (AvgIpc) is 2.31. The van der Waals surface area contributed by atoms with Crippen molar-refractivity contribution in [3.05, 3.63) is 48.4 Å². The zero-order valence-electron chi connectivity index (χ0n) is 8.13. The number of hydrogen-bond donors (Lipinski definition) is 1.